The highest BCUT2D eigenvalue weighted by Crippen LogP contribution is 2.14. The molecule has 3 aromatic rings. The van der Waals surface area contributed by atoms with Gasteiger partial charge in [0, 0.05) is 12.2 Å². The predicted octanol–water partition coefficient (Wildman–Crippen LogP) is 3.61. The van der Waals surface area contributed by atoms with E-state index in [4.69, 9.17) is 0 Å². The Hall–Kier alpha value is -3.47. The van der Waals surface area contributed by atoms with Crippen LogP contribution in [-0.4, -0.2) is 23.3 Å². The van der Waals surface area contributed by atoms with E-state index in [0.717, 1.165) is 23.2 Å². The topological polar surface area (TPSA) is 71.1 Å². The average Bonchev–Trinajstić information content (AvgIpc) is 2.70. The van der Waals surface area contributed by atoms with Gasteiger partial charge in [0.15, 0.2) is 0 Å². The number of para-hydroxylation sites is 1. The smallest absolute Gasteiger partial charge is 0.274 e. The summed E-state index contributed by atoms with van der Waals surface area (Å²) in [5.74, 6) is -0.639. The van der Waals surface area contributed by atoms with Crippen LogP contribution in [0, 0.1) is 6.92 Å². The molecule has 0 spiro atoms. The van der Waals surface area contributed by atoms with Crippen molar-refractivity contribution in [3.63, 3.8) is 0 Å². The van der Waals surface area contributed by atoms with Gasteiger partial charge in [-0.2, -0.15) is 0 Å². The van der Waals surface area contributed by atoms with Crippen molar-refractivity contribution in [3.05, 3.63) is 95.3 Å². The molecule has 136 valence electrons. The first-order chi connectivity index (χ1) is 13.1. The van der Waals surface area contributed by atoms with E-state index in [2.05, 4.69) is 15.6 Å². The van der Waals surface area contributed by atoms with Crippen LogP contribution >= 0.6 is 0 Å². The summed E-state index contributed by atoms with van der Waals surface area (Å²) in [6.07, 6.45) is 0.736. The molecule has 0 unspecified atom stereocenters. The van der Waals surface area contributed by atoms with E-state index in [1.165, 1.54) is 0 Å². The van der Waals surface area contributed by atoms with E-state index in [1.807, 2.05) is 61.5 Å². The van der Waals surface area contributed by atoms with Crippen LogP contribution < -0.4 is 10.6 Å². The Morgan fingerprint density at radius 2 is 1.48 bits per heavy atom. The number of rotatable bonds is 6. The highest BCUT2D eigenvalue weighted by atomic mass is 16.2. The molecule has 0 saturated carbocycles. The number of nitrogens with one attached hydrogen (secondary N) is 2. The molecule has 0 aliphatic carbocycles. The number of anilines is 1. The lowest BCUT2D eigenvalue weighted by molar-refractivity contribution is 0.0949. The number of aromatic nitrogens is 1. The Morgan fingerprint density at radius 1 is 0.815 bits per heavy atom. The van der Waals surface area contributed by atoms with Crippen molar-refractivity contribution < 1.29 is 9.59 Å². The van der Waals surface area contributed by atoms with Crippen molar-refractivity contribution in [1.82, 2.24) is 10.3 Å². The maximum atomic E-state index is 12.4. The van der Waals surface area contributed by atoms with Crippen molar-refractivity contribution in [2.24, 2.45) is 0 Å². The van der Waals surface area contributed by atoms with Gasteiger partial charge in [0.2, 0.25) is 0 Å². The van der Waals surface area contributed by atoms with Gasteiger partial charge in [0.05, 0.1) is 0 Å². The monoisotopic (exact) mass is 359 g/mol. The first-order valence-corrected chi connectivity index (χ1v) is 8.79. The first kappa shape index (κ1) is 18.3. The van der Waals surface area contributed by atoms with Gasteiger partial charge in [0.1, 0.15) is 11.4 Å². The number of hydrogen-bond donors (Lipinski definition) is 2. The van der Waals surface area contributed by atoms with Crippen molar-refractivity contribution >= 4 is 17.5 Å². The van der Waals surface area contributed by atoms with Gasteiger partial charge in [-0.15, -0.1) is 0 Å². The Kier molecular flexibility index (Phi) is 5.94. The summed E-state index contributed by atoms with van der Waals surface area (Å²) < 4.78 is 0. The standard InChI is InChI=1S/C22H21N3O2/c1-16-8-5-6-11-18(16)25-22(27)20-13-7-12-19(24-20)21(26)23-15-14-17-9-3-2-4-10-17/h2-13H,14-15H2,1H3,(H,23,26)(H,25,27). The number of nitrogens with zero attached hydrogens (tertiary/aromatic N) is 1. The van der Waals surface area contributed by atoms with Crippen molar-refractivity contribution in [2.75, 3.05) is 11.9 Å². The van der Waals surface area contributed by atoms with Gasteiger partial charge in [0.25, 0.3) is 11.8 Å². The molecule has 0 aliphatic heterocycles. The summed E-state index contributed by atoms with van der Waals surface area (Å²) in [5.41, 5.74) is 3.26. The molecular formula is C22H21N3O2. The van der Waals surface area contributed by atoms with Gasteiger partial charge < -0.3 is 10.6 Å². The molecule has 2 aromatic carbocycles. The van der Waals surface area contributed by atoms with Gasteiger partial charge in [-0.1, -0.05) is 54.6 Å². The van der Waals surface area contributed by atoms with E-state index in [9.17, 15) is 9.59 Å². The van der Waals surface area contributed by atoms with Crippen LogP contribution in [0.3, 0.4) is 0 Å². The van der Waals surface area contributed by atoms with Crippen LogP contribution in [0.15, 0.2) is 72.8 Å². The minimum Gasteiger partial charge on any atom is -0.350 e. The van der Waals surface area contributed by atoms with Crippen LogP contribution in [0.5, 0.6) is 0 Å². The third-order valence-corrected chi connectivity index (χ3v) is 4.15. The molecule has 1 heterocycles. The maximum Gasteiger partial charge on any atom is 0.274 e. The Morgan fingerprint density at radius 3 is 2.22 bits per heavy atom. The lowest BCUT2D eigenvalue weighted by Gasteiger charge is -2.09. The molecule has 0 bridgehead atoms. The Bertz CT molecular complexity index is 939. The van der Waals surface area contributed by atoms with Gasteiger partial charge >= 0.3 is 0 Å². The minimum atomic E-state index is -0.344. The van der Waals surface area contributed by atoms with E-state index >= 15 is 0 Å². The second-order valence-corrected chi connectivity index (χ2v) is 6.17. The van der Waals surface area contributed by atoms with Crippen molar-refractivity contribution in [3.8, 4) is 0 Å². The number of benzene rings is 2. The van der Waals surface area contributed by atoms with E-state index in [1.54, 1.807) is 18.2 Å². The van der Waals surface area contributed by atoms with Crippen molar-refractivity contribution in [2.45, 2.75) is 13.3 Å². The second-order valence-electron chi connectivity index (χ2n) is 6.17. The molecule has 0 saturated heterocycles. The molecule has 0 fully saturated rings. The highest BCUT2D eigenvalue weighted by molar-refractivity contribution is 6.04. The molecule has 3 rings (SSSR count). The summed E-state index contributed by atoms with van der Waals surface area (Å²) in [4.78, 5) is 29.0. The Labute approximate surface area is 158 Å². The third-order valence-electron chi connectivity index (χ3n) is 4.15. The Balaban J connectivity index is 1.61. The van der Waals surface area contributed by atoms with Crippen LogP contribution in [0.2, 0.25) is 0 Å². The number of aryl methyl sites for hydroxylation is 1. The van der Waals surface area contributed by atoms with E-state index < -0.39 is 0 Å². The van der Waals surface area contributed by atoms with Crippen LogP contribution in [0.4, 0.5) is 5.69 Å². The summed E-state index contributed by atoms with van der Waals surface area (Å²) in [7, 11) is 0. The molecular weight excluding hydrogens is 338 g/mol. The predicted molar refractivity (Wildman–Crippen MR) is 106 cm³/mol. The molecule has 2 amide bonds. The normalized spacial score (nSPS) is 10.3. The SMILES string of the molecule is Cc1ccccc1NC(=O)c1cccc(C(=O)NCCc2ccccc2)n1. The zero-order valence-corrected chi connectivity index (χ0v) is 15.1. The van der Waals surface area contributed by atoms with Crippen LogP contribution in [-0.2, 0) is 6.42 Å². The molecule has 2 N–H and O–H groups in total. The molecule has 1 aromatic heterocycles. The molecule has 0 atom stereocenters. The molecule has 5 nitrogen and oxygen atoms in total. The quantitative estimate of drug-likeness (QED) is 0.706. The minimum absolute atomic E-state index is 0.203. The van der Waals surface area contributed by atoms with E-state index in [-0.39, 0.29) is 23.2 Å². The zero-order valence-electron chi connectivity index (χ0n) is 15.1. The second kappa shape index (κ2) is 8.76. The van der Waals surface area contributed by atoms with Crippen LogP contribution in [0.1, 0.15) is 32.1 Å². The number of hydrogen-bond acceptors (Lipinski definition) is 3. The average molecular weight is 359 g/mol. The van der Waals surface area contributed by atoms with Gasteiger partial charge in [-0.3, -0.25) is 9.59 Å². The first-order valence-electron chi connectivity index (χ1n) is 8.79. The maximum absolute atomic E-state index is 12.4. The summed E-state index contributed by atoms with van der Waals surface area (Å²) in [6, 6.07) is 22.3. The number of carbonyl (C=O) groups excluding carboxylic acids is 2. The number of amides is 2. The van der Waals surface area contributed by atoms with E-state index in [0.29, 0.717) is 6.54 Å². The fourth-order valence-corrected chi connectivity index (χ4v) is 2.64. The lowest BCUT2D eigenvalue weighted by Crippen LogP contribution is -2.27. The molecule has 0 radical (unpaired) electrons. The van der Waals surface area contributed by atoms with Gasteiger partial charge in [-0.05, 0) is 42.7 Å². The summed E-state index contributed by atoms with van der Waals surface area (Å²) in [6.45, 7) is 2.42. The fraction of sp³-hybridized carbons (Fsp3) is 0.136. The third kappa shape index (κ3) is 5.01. The molecule has 5 heteroatoms. The van der Waals surface area contributed by atoms with Crippen molar-refractivity contribution in [1.29, 1.82) is 0 Å². The molecule has 0 aliphatic rings. The molecule has 27 heavy (non-hydrogen) atoms. The summed E-state index contributed by atoms with van der Waals surface area (Å²) >= 11 is 0. The van der Waals surface area contributed by atoms with Gasteiger partial charge in [-0.25, -0.2) is 4.98 Å². The number of pyridine rings is 1. The lowest BCUT2D eigenvalue weighted by atomic mass is 10.1. The largest absolute Gasteiger partial charge is 0.350 e. The number of carbonyl (C=O) groups is 2. The van der Waals surface area contributed by atoms with Crippen LogP contribution in [0.25, 0.3) is 0 Å². The fourth-order valence-electron chi connectivity index (χ4n) is 2.64. The zero-order chi connectivity index (χ0) is 19.1. The summed E-state index contributed by atoms with van der Waals surface area (Å²) in [5, 5.41) is 5.66. The highest BCUT2D eigenvalue weighted by Gasteiger charge is 2.13.